The van der Waals surface area contributed by atoms with Gasteiger partial charge in [-0.25, -0.2) is 0 Å². The third kappa shape index (κ3) is 3.22. The second-order valence-corrected chi connectivity index (χ2v) is 5.50. The maximum Gasteiger partial charge on any atom is 0.0682 e. The molecule has 1 aliphatic carbocycles. The summed E-state index contributed by atoms with van der Waals surface area (Å²) in [6.45, 7) is 4.79. The fourth-order valence-corrected chi connectivity index (χ4v) is 2.71. The van der Waals surface area contributed by atoms with E-state index in [-0.39, 0.29) is 6.61 Å². The number of aliphatic hydroxyl groups is 1. The second kappa shape index (κ2) is 5.54. The van der Waals surface area contributed by atoms with Gasteiger partial charge in [0.1, 0.15) is 0 Å². The molecule has 2 heteroatoms. The van der Waals surface area contributed by atoms with Crippen molar-refractivity contribution in [3.63, 3.8) is 0 Å². The lowest BCUT2D eigenvalue weighted by atomic mass is 9.80. The van der Waals surface area contributed by atoms with E-state index in [1.54, 1.807) is 0 Å². The first kappa shape index (κ1) is 12.4. The average Bonchev–Trinajstić information content (AvgIpc) is 2.34. The van der Waals surface area contributed by atoms with Crippen LogP contribution in [0, 0.1) is 11.8 Å². The molecule has 0 spiro atoms. The van der Waals surface area contributed by atoms with Crippen LogP contribution < -0.4 is 5.32 Å². The third-order valence-electron chi connectivity index (χ3n) is 3.92. The number of hydrogen-bond acceptors (Lipinski definition) is 2. The summed E-state index contributed by atoms with van der Waals surface area (Å²) >= 11 is 0. The average molecular weight is 233 g/mol. The summed E-state index contributed by atoms with van der Waals surface area (Å²) in [7, 11) is 0. The first-order chi connectivity index (χ1) is 8.19. The number of nitrogens with one attached hydrogen (secondary N) is 1. The van der Waals surface area contributed by atoms with Gasteiger partial charge in [0.15, 0.2) is 0 Å². The van der Waals surface area contributed by atoms with Gasteiger partial charge in [-0.05, 0) is 42.4 Å². The van der Waals surface area contributed by atoms with Crippen molar-refractivity contribution in [3.05, 3.63) is 29.8 Å². The van der Waals surface area contributed by atoms with Crippen LogP contribution in [0.1, 0.15) is 38.7 Å². The standard InChI is InChI=1S/C15H23NO/c1-11-6-7-12(2)15(8-11)16-14-5-3-4-13(9-14)10-17/h3-5,9,11-12,15-17H,6-8,10H2,1-2H3. The van der Waals surface area contributed by atoms with Crippen molar-refractivity contribution in [2.24, 2.45) is 11.8 Å². The molecular formula is C15H23NO. The van der Waals surface area contributed by atoms with E-state index in [2.05, 4.69) is 25.2 Å². The normalized spacial score (nSPS) is 29.0. The topological polar surface area (TPSA) is 32.3 Å². The van der Waals surface area contributed by atoms with E-state index in [1.165, 1.54) is 19.3 Å². The number of benzene rings is 1. The zero-order valence-electron chi connectivity index (χ0n) is 10.8. The Morgan fingerprint density at radius 2 is 2.12 bits per heavy atom. The van der Waals surface area contributed by atoms with Crippen LogP contribution in [0.2, 0.25) is 0 Å². The molecule has 0 heterocycles. The van der Waals surface area contributed by atoms with Crippen molar-refractivity contribution >= 4 is 5.69 Å². The fourth-order valence-electron chi connectivity index (χ4n) is 2.71. The van der Waals surface area contributed by atoms with Crippen LogP contribution in [0.4, 0.5) is 5.69 Å². The molecule has 1 saturated carbocycles. The Hall–Kier alpha value is -1.02. The molecule has 0 bridgehead atoms. The Bertz CT molecular complexity index is 364. The summed E-state index contributed by atoms with van der Waals surface area (Å²) < 4.78 is 0. The summed E-state index contributed by atoms with van der Waals surface area (Å²) in [6.07, 6.45) is 3.93. The van der Waals surface area contributed by atoms with Gasteiger partial charge in [-0.1, -0.05) is 32.4 Å². The Labute approximate surface area is 104 Å². The SMILES string of the molecule is CC1CCC(C)C(Nc2cccc(CO)c2)C1. The molecule has 3 atom stereocenters. The molecule has 0 aliphatic heterocycles. The van der Waals surface area contributed by atoms with Crippen LogP contribution in [0.5, 0.6) is 0 Å². The van der Waals surface area contributed by atoms with Gasteiger partial charge in [-0.3, -0.25) is 0 Å². The number of anilines is 1. The first-order valence-electron chi connectivity index (χ1n) is 6.65. The lowest BCUT2D eigenvalue weighted by molar-refractivity contribution is 0.279. The van der Waals surface area contributed by atoms with Gasteiger partial charge in [0.05, 0.1) is 6.61 Å². The van der Waals surface area contributed by atoms with E-state index in [0.717, 1.165) is 23.1 Å². The molecule has 0 saturated heterocycles. The quantitative estimate of drug-likeness (QED) is 0.838. The van der Waals surface area contributed by atoms with Crippen molar-refractivity contribution < 1.29 is 5.11 Å². The molecule has 1 aliphatic rings. The number of hydrogen-bond donors (Lipinski definition) is 2. The molecule has 1 fully saturated rings. The molecule has 2 N–H and O–H groups in total. The minimum absolute atomic E-state index is 0.117. The predicted molar refractivity (Wildman–Crippen MR) is 72.0 cm³/mol. The molecule has 0 amide bonds. The minimum Gasteiger partial charge on any atom is -0.392 e. The van der Waals surface area contributed by atoms with Crippen molar-refractivity contribution in [3.8, 4) is 0 Å². The van der Waals surface area contributed by atoms with Crippen LogP contribution >= 0.6 is 0 Å². The van der Waals surface area contributed by atoms with Crippen LogP contribution in [0.15, 0.2) is 24.3 Å². The Morgan fingerprint density at radius 3 is 2.88 bits per heavy atom. The van der Waals surface area contributed by atoms with Gasteiger partial charge in [-0.2, -0.15) is 0 Å². The maximum atomic E-state index is 9.13. The molecule has 0 aromatic heterocycles. The highest BCUT2D eigenvalue weighted by atomic mass is 16.3. The number of aliphatic hydroxyl groups excluding tert-OH is 1. The molecule has 1 aromatic rings. The highest BCUT2D eigenvalue weighted by Gasteiger charge is 2.25. The molecule has 2 nitrogen and oxygen atoms in total. The predicted octanol–water partition coefficient (Wildman–Crippen LogP) is 3.42. The highest BCUT2D eigenvalue weighted by Crippen LogP contribution is 2.30. The van der Waals surface area contributed by atoms with Crippen LogP contribution in [0.25, 0.3) is 0 Å². The Morgan fingerprint density at radius 1 is 1.29 bits per heavy atom. The van der Waals surface area contributed by atoms with Crippen molar-refractivity contribution in [1.82, 2.24) is 0 Å². The summed E-state index contributed by atoms with van der Waals surface area (Å²) in [5.74, 6) is 1.56. The second-order valence-electron chi connectivity index (χ2n) is 5.50. The summed E-state index contributed by atoms with van der Waals surface area (Å²) in [6, 6.07) is 8.67. The van der Waals surface area contributed by atoms with Crippen molar-refractivity contribution in [1.29, 1.82) is 0 Å². The maximum absolute atomic E-state index is 9.13. The van der Waals surface area contributed by atoms with E-state index in [1.807, 2.05) is 18.2 Å². The molecular weight excluding hydrogens is 210 g/mol. The van der Waals surface area contributed by atoms with Gasteiger partial charge in [0, 0.05) is 11.7 Å². The zero-order valence-corrected chi connectivity index (χ0v) is 10.8. The molecule has 2 rings (SSSR count). The van der Waals surface area contributed by atoms with Gasteiger partial charge < -0.3 is 10.4 Å². The lowest BCUT2D eigenvalue weighted by Crippen LogP contribution is -2.33. The van der Waals surface area contributed by atoms with E-state index >= 15 is 0 Å². The van der Waals surface area contributed by atoms with E-state index < -0.39 is 0 Å². The van der Waals surface area contributed by atoms with Gasteiger partial charge in [0.2, 0.25) is 0 Å². The molecule has 0 radical (unpaired) electrons. The molecule has 3 unspecified atom stereocenters. The third-order valence-corrected chi connectivity index (χ3v) is 3.92. The molecule has 94 valence electrons. The Kier molecular flexibility index (Phi) is 4.06. The zero-order chi connectivity index (χ0) is 12.3. The van der Waals surface area contributed by atoms with Crippen LogP contribution in [-0.2, 0) is 6.61 Å². The van der Waals surface area contributed by atoms with E-state index in [9.17, 15) is 0 Å². The Balaban J connectivity index is 2.03. The summed E-state index contributed by atoms with van der Waals surface area (Å²) in [4.78, 5) is 0. The highest BCUT2D eigenvalue weighted by molar-refractivity contribution is 5.46. The molecule has 1 aromatic carbocycles. The van der Waals surface area contributed by atoms with Gasteiger partial charge in [0.25, 0.3) is 0 Å². The van der Waals surface area contributed by atoms with E-state index in [0.29, 0.717) is 6.04 Å². The summed E-state index contributed by atoms with van der Waals surface area (Å²) in [5.41, 5.74) is 2.12. The number of rotatable bonds is 3. The summed E-state index contributed by atoms with van der Waals surface area (Å²) in [5, 5.41) is 12.8. The minimum atomic E-state index is 0.117. The van der Waals surface area contributed by atoms with Crippen molar-refractivity contribution in [2.75, 3.05) is 5.32 Å². The van der Waals surface area contributed by atoms with Gasteiger partial charge in [-0.15, -0.1) is 0 Å². The van der Waals surface area contributed by atoms with Gasteiger partial charge >= 0.3 is 0 Å². The smallest absolute Gasteiger partial charge is 0.0682 e. The largest absolute Gasteiger partial charge is 0.392 e. The van der Waals surface area contributed by atoms with Crippen molar-refractivity contribution in [2.45, 2.75) is 45.8 Å². The molecule has 17 heavy (non-hydrogen) atoms. The van der Waals surface area contributed by atoms with Crippen LogP contribution in [0.3, 0.4) is 0 Å². The monoisotopic (exact) mass is 233 g/mol. The first-order valence-corrected chi connectivity index (χ1v) is 6.65. The van der Waals surface area contributed by atoms with E-state index in [4.69, 9.17) is 5.11 Å². The fraction of sp³-hybridized carbons (Fsp3) is 0.600. The van der Waals surface area contributed by atoms with Crippen LogP contribution in [-0.4, -0.2) is 11.1 Å². The lowest BCUT2D eigenvalue weighted by Gasteiger charge is -2.34.